The van der Waals surface area contributed by atoms with Crippen LogP contribution in [0.4, 0.5) is 5.95 Å². The molecule has 0 atom stereocenters. The topological polar surface area (TPSA) is 74.1 Å². The van der Waals surface area contributed by atoms with Gasteiger partial charge in [-0.2, -0.15) is 0 Å². The number of nitrogens with one attached hydrogen (secondary N) is 1. The molecule has 2 rings (SSSR count). The van der Waals surface area contributed by atoms with Gasteiger partial charge in [-0.1, -0.05) is 27.1 Å². The van der Waals surface area contributed by atoms with Crippen molar-refractivity contribution in [3.8, 4) is 11.5 Å². The highest BCUT2D eigenvalue weighted by Gasteiger charge is 2.12. The zero-order valence-corrected chi connectivity index (χ0v) is 15.0. The van der Waals surface area contributed by atoms with Gasteiger partial charge in [-0.15, -0.1) is 6.58 Å². The molecule has 0 amide bonds. The average Bonchev–Trinajstić information content (AvgIpc) is 2.93. The molecule has 23 heavy (non-hydrogen) atoms. The molecular weight excluding hydrogens is 362 g/mol. The minimum Gasteiger partial charge on any atom is -0.493 e. The summed E-state index contributed by atoms with van der Waals surface area (Å²) in [5.41, 5.74) is 1.01. The van der Waals surface area contributed by atoms with Crippen molar-refractivity contribution in [3.63, 3.8) is 0 Å². The van der Waals surface area contributed by atoms with Crippen molar-refractivity contribution in [1.82, 2.24) is 20.2 Å². The number of hydrogen-bond acceptors (Lipinski definition) is 6. The van der Waals surface area contributed by atoms with Gasteiger partial charge in [0.15, 0.2) is 11.5 Å². The van der Waals surface area contributed by atoms with Gasteiger partial charge in [-0.05, 0) is 42.0 Å². The zero-order chi connectivity index (χ0) is 16.8. The van der Waals surface area contributed by atoms with E-state index in [9.17, 15) is 0 Å². The van der Waals surface area contributed by atoms with Gasteiger partial charge in [0, 0.05) is 11.0 Å². The van der Waals surface area contributed by atoms with Gasteiger partial charge in [0.2, 0.25) is 5.95 Å². The molecule has 2 aromatic rings. The molecule has 7 nitrogen and oxygen atoms in total. The fourth-order valence-corrected chi connectivity index (χ4v) is 2.43. The van der Waals surface area contributed by atoms with Gasteiger partial charge in [0.05, 0.1) is 19.8 Å². The van der Waals surface area contributed by atoms with Crippen molar-refractivity contribution in [1.29, 1.82) is 0 Å². The molecule has 1 heterocycles. The minimum absolute atomic E-state index is 0.0725. The monoisotopic (exact) mass is 381 g/mol. The molecule has 1 aromatic heterocycles. The van der Waals surface area contributed by atoms with E-state index in [0.29, 0.717) is 30.5 Å². The minimum atomic E-state index is 0.0725. The van der Waals surface area contributed by atoms with Gasteiger partial charge < -0.3 is 14.8 Å². The maximum atomic E-state index is 5.75. The highest BCUT2D eigenvalue weighted by atomic mass is 79.9. The largest absolute Gasteiger partial charge is 0.493 e. The molecule has 124 valence electrons. The number of rotatable bonds is 8. The van der Waals surface area contributed by atoms with Crippen molar-refractivity contribution in [3.05, 3.63) is 34.8 Å². The summed E-state index contributed by atoms with van der Waals surface area (Å²) >= 11 is 3.56. The summed E-state index contributed by atoms with van der Waals surface area (Å²) in [5, 5.41) is 14.7. The molecule has 0 spiro atoms. The molecule has 0 saturated carbocycles. The summed E-state index contributed by atoms with van der Waals surface area (Å²) in [4.78, 5) is 0. The first kappa shape index (κ1) is 17.3. The van der Waals surface area contributed by atoms with Crippen LogP contribution in [0, 0.1) is 0 Å². The van der Waals surface area contributed by atoms with Gasteiger partial charge in [0.1, 0.15) is 0 Å². The molecule has 8 heteroatoms. The second-order valence-corrected chi connectivity index (χ2v) is 5.94. The number of methoxy groups -OCH3 is 1. The SMILES string of the molecule is C=CCn1nnnc1NCc1cc(OC)c(OC(C)C)cc1Br. The molecule has 0 bridgehead atoms. The summed E-state index contributed by atoms with van der Waals surface area (Å²) in [6.07, 6.45) is 1.81. The van der Waals surface area contributed by atoms with E-state index >= 15 is 0 Å². The third-order valence-electron chi connectivity index (χ3n) is 2.97. The van der Waals surface area contributed by atoms with E-state index in [1.165, 1.54) is 0 Å². The third-order valence-corrected chi connectivity index (χ3v) is 3.70. The van der Waals surface area contributed by atoms with Crippen molar-refractivity contribution in [2.45, 2.75) is 33.0 Å². The highest BCUT2D eigenvalue weighted by Crippen LogP contribution is 2.34. The second-order valence-electron chi connectivity index (χ2n) is 5.09. The first-order valence-corrected chi connectivity index (χ1v) is 7.98. The molecule has 0 aliphatic heterocycles. The van der Waals surface area contributed by atoms with E-state index in [1.807, 2.05) is 26.0 Å². The summed E-state index contributed by atoms with van der Waals surface area (Å²) < 4.78 is 13.7. The van der Waals surface area contributed by atoms with Crippen molar-refractivity contribution >= 4 is 21.9 Å². The van der Waals surface area contributed by atoms with Gasteiger partial charge >= 0.3 is 0 Å². The summed E-state index contributed by atoms with van der Waals surface area (Å²) in [6, 6.07) is 3.83. The third kappa shape index (κ3) is 4.44. The summed E-state index contributed by atoms with van der Waals surface area (Å²) in [6.45, 7) is 8.71. The Morgan fingerprint density at radius 1 is 1.39 bits per heavy atom. The van der Waals surface area contributed by atoms with Crippen LogP contribution in [-0.2, 0) is 13.1 Å². The Kier molecular flexibility index (Phi) is 5.97. The highest BCUT2D eigenvalue weighted by molar-refractivity contribution is 9.10. The van der Waals surface area contributed by atoms with E-state index in [2.05, 4.69) is 43.4 Å². The molecule has 0 aliphatic rings. The van der Waals surface area contributed by atoms with Crippen LogP contribution in [0.1, 0.15) is 19.4 Å². The standard InChI is InChI=1S/C15H20BrN5O2/c1-5-6-21-15(18-19-20-21)17-9-11-7-13(22-4)14(8-12(11)16)23-10(2)3/h5,7-8,10H,1,6,9H2,2-4H3,(H,17,18,20). The van der Waals surface area contributed by atoms with Crippen LogP contribution < -0.4 is 14.8 Å². The number of allylic oxidation sites excluding steroid dienone is 1. The lowest BCUT2D eigenvalue weighted by atomic mass is 10.2. The average molecular weight is 382 g/mol. The first-order valence-electron chi connectivity index (χ1n) is 7.19. The predicted molar refractivity (Wildman–Crippen MR) is 91.8 cm³/mol. The van der Waals surface area contributed by atoms with Crippen molar-refractivity contribution in [2.24, 2.45) is 0 Å². The fraction of sp³-hybridized carbons (Fsp3) is 0.400. The summed E-state index contributed by atoms with van der Waals surface area (Å²) in [7, 11) is 1.62. The molecule has 0 saturated heterocycles. The Bertz CT molecular complexity index is 672. The van der Waals surface area contributed by atoms with Gasteiger partial charge in [-0.3, -0.25) is 0 Å². The van der Waals surface area contributed by atoms with Gasteiger partial charge in [-0.25, -0.2) is 4.68 Å². The van der Waals surface area contributed by atoms with Crippen molar-refractivity contribution < 1.29 is 9.47 Å². The van der Waals surface area contributed by atoms with Crippen LogP contribution in [0.3, 0.4) is 0 Å². The Hall–Kier alpha value is -2.09. The normalized spacial score (nSPS) is 10.7. The summed E-state index contributed by atoms with van der Waals surface area (Å²) in [5.74, 6) is 1.97. The van der Waals surface area contributed by atoms with Crippen LogP contribution in [0.25, 0.3) is 0 Å². The smallest absolute Gasteiger partial charge is 0.243 e. The van der Waals surface area contributed by atoms with Gasteiger partial charge in [0.25, 0.3) is 0 Å². The van der Waals surface area contributed by atoms with Crippen LogP contribution in [0.15, 0.2) is 29.3 Å². The molecule has 0 fully saturated rings. The molecule has 1 N–H and O–H groups in total. The number of nitrogens with zero attached hydrogens (tertiary/aromatic N) is 4. The first-order chi connectivity index (χ1) is 11.0. The quantitative estimate of drug-likeness (QED) is 0.708. The van der Waals surface area contributed by atoms with E-state index in [0.717, 1.165) is 10.0 Å². The van der Waals surface area contributed by atoms with Crippen LogP contribution in [0.2, 0.25) is 0 Å². The fourth-order valence-electron chi connectivity index (χ4n) is 1.97. The lowest BCUT2D eigenvalue weighted by molar-refractivity contribution is 0.230. The van der Waals surface area contributed by atoms with E-state index in [4.69, 9.17) is 9.47 Å². The Balaban J connectivity index is 2.16. The number of aromatic nitrogens is 4. The molecule has 0 unspecified atom stereocenters. The van der Waals surface area contributed by atoms with Crippen molar-refractivity contribution in [2.75, 3.05) is 12.4 Å². The number of ether oxygens (including phenoxy) is 2. The lowest BCUT2D eigenvalue weighted by Gasteiger charge is -2.16. The van der Waals surface area contributed by atoms with E-state index in [-0.39, 0.29) is 6.10 Å². The molecular formula is C15H20BrN5O2. The van der Waals surface area contributed by atoms with Crippen LogP contribution in [0.5, 0.6) is 11.5 Å². The number of halogens is 1. The van der Waals surface area contributed by atoms with E-state index < -0.39 is 0 Å². The van der Waals surface area contributed by atoms with Crippen LogP contribution >= 0.6 is 15.9 Å². The maximum absolute atomic E-state index is 5.75. The zero-order valence-electron chi connectivity index (χ0n) is 13.4. The Morgan fingerprint density at radius 2 is 2.17 bits per heavy atom. The molecule has 0 radical (unpaired) electrons. The molecule has 0 aliphatic carbocycles. The number of benzene rings is 1. The number of tetrazole rings is 1. The predicted octanol–water partition coefficient (Wildman–Crippen LogP) is 3.03. The lowest BCUT2D eigenvalue weighted by Crippen LogP contribution is -2.10. The number of anilines is 1. The second kappa shape index (κ2) is 7.96. The maximum Gasteiger partial charge on any atom is 0.243 e. The molecule has 1 aromatic carbocycles. The number of hydrogen-bond donors (Lipinski definition) is 1. The van der Waals surface area contributed by atoms with E-state index in [1.54, 1.807) is 17.9 Å². The van der Waals surface area contributed by atoms with Crippen LogP contribution in [-0.4, -0.2) is 33.4 Å². The Labute approximate surface area is 143 Å². The Morgan fingerprint density at radius 3 is 2.83 bits per heavy atom.